The van der Waals surface area contributed by atoms with Gasteiger partial charge in [-0.05, 0) is 24.1 Å². The van der Waals surface area contributed by atoms with Gasteiger partial charge < -0.3 is 24.8 Å². The third-order valence-corrected chi connectivity index (χ3v) is 4.24. The molecular weight excluding hydrogens is 356 g/mol. The third-order valence-electron chi connectivity index (χ3n) is 4.24. The molecule has 7 nitrogen and oxygen atoms in total. The van der Waals surface area contributed by atoms with Gasteiger partial charge in [0.05, 0.1) is 21.3 Å². The molecule has 0 aliphatic rings. The van der Waals surface area contributed by atoms with Crippen molar-refractivity contribution in [3.63, 3.8) is 0 Å². The van der Waals surface area contributed by atoms with Crippen LogP contribution in [-0.4, -0.2) is 31.3 Å². The first-order valence-corrected chi connectivity index (χ1v) is 8.91. The van der Waals surface area contributed by atoms with Gasteiger partial charge in [-0.3, -0.25) is 0 Å². The lowest BCUT2D eigenvalue weighted by atomic mass is 10.1. The summed E-state index contributed by atoms with van der Waals surface area (Å²) < 4.78 is 16.1. The Morgan fingerprint density at radius 2 is 1.32 bits per heavy atom. The first-order chi connectivity index (χ1) is 13.7. The molecule has 3 rings (SSSR count). The van der Waals surface area contributed by atoms with Gasteiger partial charge in [0.2, 0.25) is 5.75 Å². The van der Waals surface area contributed by atoms with Crippen LogP contribution in [0, 0.1) is 0 Å². The zero-order valence-corrected chi connectivity index (χ0v) is 16.4. The number of aromatic nitrogens is 2. The van der Waals surface area contributed by atoms with Crippen molar-refractivity contribution in [1.29, 1.82) is 0 Å². The van der Waals surface area contributed by atoms with Crippen LogP contribution in [0.2, 0.25) is 0 Å². The fourth-order valence-corrected chi connectivity index (χ4v) is 2.77. The second-order valence-corrected chi connectivity index (χ2v) is 6.00. The Morgan fingerprint density at radius 3 is 1.82 bits per heavy atom. The number of hydrogen-bond donors (Lipinski definition) is 2. The molecule has 0 unspecified atom stereocenters. The van der Waals surface area contributed by atoms with Crippen LogP contribution < -0.4 is 24.8 Å². The maximum atomic E-state index is 5.39. The average molecular weight is 380 g/mol. The molecule has 0 amide bonds. The number of anilines is 4. The molecular formula is C21H24N4O3. The van der Waals surface area contributed by atoms with Gasteiger partial charge in [-0.15, -0.1) is 0 Å². The van der Waals surface area contributed by atoms with E-state index in [1.54, 1.807) is 21.3 Å². The van der Waals surface area contributed by atoms with E-state index in [0.29, 0.717) is 28.9 Å². The summed E-state index contributed by atoms with van der Waals surface area (Å²) >= 11 is 0. The van der Waals surface area contributed by atoms with E-state index < -0.39 is 0 Å². The highest BCUT2D eigenvalue weighted by atomic mass is 16.5. The summed E-state index contributed by atoms with van der Waals surface area (Å²) in [5, 5.41) is 6.53. The second-order valence-electron chi connectivity index (χ2n) is 6.00. The highest BCUT2D eigenvalue weighted by Crippen LogP contribution is 2.40. The summed E-state index contributed by atoms with van der Waals surface area (Å²) in [6.07, 6.45) is 2.51. The Labute approximate surface area is 164 Å². The molecule has 0 saturated heterocycles. The number of aryl methyl sites for hydroxylation is 1. The maximum absolute atomic E-state index is 5.39. The zero-order chi connectivity index (χ0) is 19.9. The SMILES string of the molecule is CCc1ccc(Nc2cc(Nc3cc(OC)c(OC)c(OC)c3)ncn2)cc1. The summed E-state index contributed by atoms with van der Waals surface area (Å²) in [5.41, 5.74) is 3.01. The van der Waals surface area contributed by atoms with Gasteiger partial charge in [-0.2, -0.15) is 0 Å². The van der Waals surface area contributed by atoms with Gasteiger partial charge in [0.15, 0.2) is 11.5 Å². The van der Waals surface area contributed by atoms with Crippen molar-refractivity contribution < 1.29 is 14.2 Å². The van der Waals surface area contributed by atoms with Crippen molar-refractivity contribution in [2.45, 2.75) is 13.3 Å². The predicted octanol–water partition coefficient (Wildman–Crippen LogP) is 4.55. The number of ether oxygens (including phenoxy) is 3. The molecule has 146 valence electrons. The van der Waals surface area contributed by atoms with Crippen molar-refractivity contribution >= 4 is 23.0 Å². The maximum Gasteiger partial charge on any atom is 0.203 e. The molecule has 1 heterocycles. The van der Waals surface area contributed by atoms with Gasteiger partial charge in [0.1, 0.15) is 18.0 Å². The molecule has 0 saturated carbocycles. The number of methoxy groups -OCH3 is 3. The lowest BCUT2D eigenvalue weighted by Crippen LogP contribution is -2.00. The van der Waals surface area contributed by atoms with Crippen molar-refractivity contribution in [1.82, 2.24) is 9.97 Å². The fraction of sp³-hybridized carbons (Fsp3) is 0.238. The van der Waals surface area contributed by atoms with E-state index in [4.69, 9.17) is 14.2 Å². The minimum absolute atomic E-state index is 0.538. The van der Waals surface area contributed by atoms with Crippen LogP contribution in [0.15, 0.2) is 48.8 Å². The van der Waals surface area contributed by atoms with Crippen LogP contribution in [0.4, 0.5) is 23.0 Å². The van der Waals surface area contributed by atoms with Crippen LogP contribution in [0.1, 0.15) is 12.5 Å². The molecule has 2 N–H and O–H groups in total. The minimum atomic E-state index is 0.538. The first kappa shape index (κ1) is 19.3. The quantitative estimate of drug-likeness (QED) is 0.593. The predicted molar refractivity (Wildman–Crippen MR) is 111 cm³/mol. The molecule has 0 spiro atoms. The number of benzene rings is 2. The monoisotopic (exact) mass is 380 g/mol. The molecule has 3 aromatic rings. The lowest BCUT2D eigenvalue weighted by molar-refractivity contribution is 0.324. The highest BCUT2D eigenvalue weighted by Gasteiger charge is 2.13. The number of rotatable bonds is 8. The van der Waals surface area contributed by atoms with Crippen LogP contribution in [-0.2, 0) is 6.42 Å². The normalized spacial score (nSPS) is 10.3. The summed E-state index contributed by atoms with van der Waals surface area (Å²) in [7, 11) is 4.73. The van der Waals surface area contributed by atoms with E-state index in [0.717, 1.165) is 17.8 Å². The molecule has 0 fully saturated rings. The Kier molecular flexibility index (Phi) is 6.16. The molecule has 0 radical (unpaired) electrons. The molecule has 1 aromatic heterocycles. The van der Waals surface area contributed by atoms with E-state index in [9.17, 15) is 0 Å². The summed E-state index contributed by atoms with van der Waals surface area (Å²) in [6, 6.07) is 13.7. The smallest absolute Gasteiger partial charge is 0.203 e. The summed E-state index contributed by atoms with van der Waals surface area (Å²) in [5.74, 6) is 2.99. The molecule has 0 aliphatic carbocycles. The van der Waals surface area contributed by atoms with Gasteiger partial charge in [-0.1, -0.05) is 19.1 Å². The van der Waals surface area contributed by atoms with E-state index in [2.05, 4.69) is 39.7 Å². The topological polar surface area (TPSA) is 77.5 Å². The second kappa shape index (κ2) is 8.94. The van der Waals surface area contributed by atoms with Crippen LogP contribution in [0.25, 0.3) is 0 Å². The van der Waals surface area contributed by atoms with Gasteiger partial charge in [0.25, 0.3) is 0 Å². The molecule has 0 aliphatic heterocycles. The van der Waals surface area contributed by atoms with Crippen molar-refractivity contribution in [2.75, 3.05) is 32.0 Å². The fourth-order valence-electron chi connectivity index (χ4n) is 2.77. The van der Waals surface area contributed by atoms with Gasteiger partial charge in [-0.25, -0.2) is 9.97 Å². The van der Waals surface area contributed by atoms with Crippen molar-refractivity contribution in [3.8, 4) is 17.2 Å². The Bertz CT molecular complexity index is 904. The lowest BCUT2D eigenvalue weighted by Gasteiger charge is -2.15. The van der Waals surface area contributed by atoms with E-state index in [1.807, 2.05) is 30.3 Å². The molecule has 0 atom stereocenters. The summed E-state index contributed by atoms with van der Waals surface area (Å²) in [4.78, 5) is 8.56. The minimum Gasteiger partial charge on any atom is -0.493 e. The zero-order valence-electron chi connectivity index (χ0n) is 16.4. The average Bonchev–Trinajstić information content (AvgIpc) is 2.73. The van der Waals surface area contributed by atoms with Crippen LogP contribution >= 0.6 is 0 Å². The van der Waals surface area contributed by atoms with E-state index >= 15 is 0 Å². The van der Waals surface area contributed by atoms with Gasteiger partial charge in [0, 0.05) is 29.6 Å². The van der Waals surface area contributed by atoms with Crippen molar-refractivity contribution in [2.24, 2.45) is 0 Å². The molecule has 7 heteroatoms. The van der Waals surface area contributed by atoms with E-state index in [1.165, 1.54) is 11.9 Å². The van der Waals surface area contributed by atoms with Gasteiger partial charge >= 0.3 is 0 Å². The van der Waals surface area contributed by atoms with E-state index in [-0.39, 0.29) is 0 Å². The number of nitrogens with zero attached hydrogens (tertiary/aromatic N) is 2. The standard InChI is InChI=1S/C21H24N4O3/c1-5-14-6-8-15(9-7-14)24-19-12-20(23-13-22-19)25-16-10-17(26-2)21(28-4)18(11-16)27-3/h6-13H,5H2,1-4H3,(H2,22,23,24,25). The number of nitrogens with one attached hydrogen (secondary N) is 2. The Morgan fingerprint density at radius 1 is 0.750 bits per heavy atom. The van der Waals surface area contributed by atoms with Crippen molar-refractivity contribution in [3.05, 3.63) is 54.4 Å². The molecule has 2 aromatic carbocycles. The Hall–Kier alpha value is -3.48. The highest BCUT2D eigenvalue weighted by molar-refractivity contribution is 5.68. The van der Waals surface area contributed by atoms with Crippen LogP contribution in [0.3, 0.4) is 0 Å². The molecule has 28 heavy (non-hydrogen) atoms. The third kappa shape index (κ3) is 4.43. The first-order valence-electron chi connectivity index (χ1n) is 8.91. The molecule has 0 bridgehead atoms. The summed E-state index contributed by atoms with van der Waals surface area (Å²) in [6.45, 7) is 2.13. The largest absolute Gasteiger partial charge is 0.493 e. The Balaban J connectivity index is 1.80. The number of hydrogen-bond acceptors (Lipinski definition) is 7. The van der Waals surface area contributed by atoms with Crippen LogP contribution in [0.5, 0.6) is 17.2 Å².